The van der Waals surface area contributed by atoms with Crippen molar-refractivity contribution in [1.29, 1.82) is 0 Å². The standard InChI is InChI=1S/C7H12F6N3OP3/c1-5-19(11,6-2)14-18(10,17-4)15(8)20(12,13,7-3)16(19)9/h5-7H,1-3H2,4H3. The van der Waals surface area contributed by atoms with E-state index in [-0.39, 0.29) is 11.6 Å². The van der Waals surface area contributed by atoms with Crippen molar-refractivity contribution in [3.63, 3.8) is 0 Å². The zero-order valence-corrected chi connectivity index (χ0v) is 12.9. The van der Waals surface area contributed by atoms with Crippen molar-refractivity contribution in [3.05, 3.63) is 37.2 Å². The van der Waals surface area contributed by atoms with Gasteiger partial charge < -0.3 is 0 Å². The second kappa shape index (κ2) is 4.38. The van der Waals surface area contributed by atoms with Crippen molar-refractivity contribution >= 4 is 22.5 Å². The predicted molar refractivity (Wildman–Crippen MR) is 71.1 cm³/mol. The van der Waals surface area contributed by atoms with Crippen LogP contribution in [0.3, 0.4) is 0 Å². The molecule has 118 valence electrons. The van der Waals surface area contributed by atoms with Crippen LogP contribution in [0.4, 0.5) is 25.8 Å². The molecule has 1 rings (SSSR count). The van der Waals surface area contributed by atoms with Gasteiger partial charge in [-0.15, -0.1) is 0 Å². The molecule has 0 aliphatic carbocycles. The van der Waals surface area contributed by atoms with Crippen molar-refractivity contribution in [3.8, 4) is 0 Å². The normalized spacial score (nSPS) is 39.0. The summed E-state index contributed by atoms with van der Waals surface area (Å²) in [5.74, 6) is -0.354. The molecule has 0 radical (unpaired) electrons. The number of halogens is 6. The van der Waals surface area contributed by atoms with Crippen LogP contribution in [-0.2, 0) is 4.52 Å². The van der Waals surface area contributed by atoms with Gasteiger partial charge in [-0.25, -0.2) is 0 Å². The molecule has 1 atom stereocenters. The Morgan fingerprint density at radius 3 is 1.85 bits per heavy atom. The molecular formula is C7H12F6N3OP3. The minimum atomic E-state index is -7.62. The van der Waals surface area contributed by atoms with Gasteiger partial charge in [-0.05, 0) is 0 Å². The molecule has 0 bridgehead atoms. The Labute approximate surface area is 112 Å². The van der Waals surface area contributed by atoms with Gasteiger partial charge in [-0.1, -0.05) is 0 Å². The Morgan fingerprint density at radius 2 is 1.55 bits per heavy atom. The fourth-order valence-electron chi connectivity index (χ4n) is 1.38. The molecule has 13 heteroatoms. The molecule has 1 aliphatic heterocycles. The summed E-state index contributed by atoms with van der Waals surface area (Å²) < 4.78 is 88.7. The molecule has 0 amide bonds. The van der Waals surface area contributed by atoms with Crippen molar-refractivity contribution in [2.45, 2.75) is 0 Å². The molecule has 0 fully saturated rings. The zero-order chi connectivity index (χ0) is 16.1. The van der Waals surface area contributed by atoms with E-state index in [4.69, 9.17) is 0 Å². The molecule has 0 aromatic carbocycles. The maximum absolute atomic E-state index is 14.9. The number of nitrogens with zero attached hydrogens (tertiary/aromatic N) is 3. The Hall–Kier alpha value is -0.230. The van der Waals surface area contributed by atoms with Crippen LogP contribution in [0.1, 0.15) is 0 Å². The Kier molecular flexibility index (Phi) is 3.91. The van der Waals surface area contributed by atoms with Gasteiger partial charge >= 0.3 is 111 Å². The van der Waals surface area contributed by atoms with Crippen LogP contribution in [0.25, 0.3) is 0 Å². The van der Waals surface area contributed by atoms with Crippen LogP contribution in [0.2, 0.25) is 0 Å². The van der Waals surface area contributed by atoms with Crippen LogP contribution in [0.5, 0.6) is 0 Å². The van der Waals surface area contributed by atoms with E-state index in [1.165, 1.54) is 0 Å². The van der Waals surface area contributed by atoms with Crippen molar-refractivity contribution in [2.75, 3.05) is 7.11 Å². The quantitative estimate of drug-likeness (QED) is 0.314. The summed E-state index contributed by atoms with van der Waals surface area (Å²) >= 11 is 0. The molecule has 0 saturated carbocycles. The number of hydrogen-bond donors (Lipinski definition) is 0. The van der Waals surface area contributed by atoms with Crippen LogP contribution in [0.15, 0.2) is 41.7 Å². The minimum absolute atomic E-state index is 0.0585. The summed E-state index contributed by atoms with van der Waals surface area (Å²) in [5.41, 5.74) is 0. The van der Waals surface area contributed by atoms with Gasteiger partial charge in [-0.3, -0.25) is 0 Å². The van der Waals surface area contributed by atoms with Gasteiger partial charge in [0.25, 0.3) is 0 Å². The summed E-state index contributed by atoms with van der Waals surface area (Å²) in [6.07, 6.45) is 0. The number of rotatable bonds is 4. The van der Waals surface area contributed by atoms with E-state index in [0.717, 1.165) is 0 Å². The molecule has 0 saturated heterocycles. The van der Waals surface area contributed by atoms with Gasteiger partial charge in [0.15, 0.2) is 0 Å². The Bertz CT molecular complexity index is 546. The topological polar surface area (TPSA) is 28.1 Å². The van der Waals surface area contributed by atoms with Crippen LogP contribution in [0, 0.1) is 0 Å². The van der Waals surface area contributed by atoms with Crippen molar-refractivity contribution in [2.24, 2.45) is 4.52 Å². The van der Waals surface area contributed by atoms with Crippen molar-refractivity contribution < 1.29 is 30.3 Å². The molecule has 0 spiro atoms. The molecular weight excluding hydrogens is 349 g/mol. The van der Waals surface area contributed by atoms with Gasteiger partial charge in [-0.2, -0.15) is 0 Å². The third-order valence-corrected chi connectivity index (χ3v) is 13.2. The van der Waals surface area contributed by atoms with Gasteiger partial charge in [0.1, 0.15) is 0 Å². The first-order valence-electron chi connectivity index (χ1n) is 4.80. The summed E-state index contributed by atoms with van der Waals surface area (Å²) in [6.45, 7) is 8.28. The maximum atomic E-state index is 14.9. The van der Waals surface area contributed by atoms with Crippen LogP contribution in [-0.4, -0.2) is 16.4 Å². The number of hydrogen-bond acceptors (Lipinski definition) is 4. The summed E-state index contributed by atoms with van der Waals surface area (Å²) in [4.78, 5) is 0. The molecule has 0 aromatic heterocycles. The fraction of sp³-hybridized carbons (Fsp3) is 0.143. The average molecular weight is 361 g/mol. The third kappa shape index (κ3) is 1.86. The summed E-state index contributed by atoms with van der Waals surface area (Å²) in [7, 11) is -19.1. The monoisotopic (exact) mass is 361 g/mol. The Morgan fingerprint density at radius 1 is 1.10 bits per heavy atom. The predicted octanol–water partition coefficient (Wildman–Crippen LogP) is 6.79. The van der Waals surface area contributed by atoms with E-state index in [1.54, 1.807) is 0 Å². The third-order valence-electron chi connectivity index (χ3n) is 2.61. The van der Waals surface area contributed by atoms with Gasteiger partial charge in [0.05, 0.1) is 0 Å². The first-order valence-corrected chi connectivity index (χ1v) is 10.5. The Balaban J connectivity index is 4.00. The molecule has 1 unspecified atom stereocenters. The fourth-order valence-corrected chi connectivity index (χ4v) is 11.9. The van der Waals surface area contributed by atoms with Crippen LogP contribution >= 0.6 is 22.5 Å². The van der Waals surface area contributed by atoms with Crippen molar-refractivity contribution in [1.82, 2.24) is 9.33 Å². The van der Waals surface area contributed by atoms with E-state index in [1.807, 2.05) is 0 Å². The summed E-state index contributed by atoms with van der Waals surface area (Å²) in [5, 5.41) is 0. The molecule has 0 N–H and O–H groups in total. The zero-order valence-electron chi connectivity index (χ0n) is 10.2. The molecule has 0 aromatic rings. The first kappa shape index (κ1) is 17.8. The van der Waals surface area contributed by atoms with Gasteiger partial charge in [0.2, 0.25) is 0 Å². The molecule has 4 nitrogen and oxygen atoms in total. The molecule has 1 heterocycles. The van der Waals surface area contributed by atoms with E-state index < -0.39 is 37.6 Å². The van der Waals surface area contributed by atoms with E-state index in [2.05, 4.69) is 28.8 Å². The molecule has 1 aliphatic rings. The first-order chi connectivity index (χ1) is 8.86. The molecule has 20 heavy (non-hydrogen) atoms. The van der Waals surface area contributed by atoms with E-state index in [9.17, 15) is 25.8 Å². The average Bonchev–Trinajstić information content (AvgIpc) is 2.45. The van der Waals surface area contributed by atoms with E-state index in [0.29, 0.717) is 7.11 Å². The second-order valence-corrected chi connectivity index (χ2v) is 12.7. The SMILES string of the molecule is C=CP1(F)(C=C)N=P(F)(OC)N(F)P(F)(F)(C=C)N1F. The van der Waals surface area contributed by atoms with Gasteiger partial charge in [0, 0.05) is 0 Å². The van der Waals surface area contributed by atoms with E-state index >= 15 is 0 Å². The summed E-state index contributed by atoms with van der Waals surface area (Å²) in [6, 6.07) is 0. The second-order valence-electron chi connectivity index (χ2n) is 3.70. The van der Waals surface area contributed by atoms with Crippen LogP contribution < -0.4 is 0 Å².